The maximum absolute atomic E-state index is 13.9. The first kappa shape index (κ1) is 36.5. The number of carbonyl (C=O) groups is 1. The summed E-state index contributed by atoms with van der Waals surface area (Å²) in [5, 5.41) is 15.0. The van der Waals surface area contributed by atoms with Crippen LogP contribution in [0, 0.1) is 5.92 Å². The van der Waals surface area contributed by atoms with Gasteiger partial charge in [0.15, 0.2) is 5.72 Å². The van der Waals surface area contributed by atoms with Gasteiger partial charge in [0.05, 0.1) is 18.1 Å². The lowest BCUT2D eigenvalue weighted by atomic mass is 9.85. The molecule has 272 valence electrons. The van der Waals surface area contributed by atoms with Crippen molar-refractivity contribution in [2.75, 3.05) is 45.8 Å². The molecule has 12 heteroatoms. The van der Waals surface area contributed by atoms with Gasteiger partial charge in [-0.05, 0) is 69.7 Å². The molecule has 1 aliphatic heterocycles. The van der Waals surface area contributed by atoms with Crippen LogP contribution in [-0.2, 0) is 23.5 Å². The standard InChI is InChI=1S/C38H54F2N8O2/c39-37(40)15-13-30(14-16-37)36(49)45-38(50,31-10-2-1-3-11-31)17-21-46-22-23-47(25-32-24-42-28-44-32)33(26-46)27-48(20-5-4-18-41)34-12-6-8-29-9-7-19-43-35(29)34/h1-3,7,9-11,19,24,28,30,33-34,50H,4-6,8,12-18,20-23,25-27,41H2,(H,42,44)(H,45,49)/t33-,34+,38+/m1/s1. The van der Waals surface area contributed by atoms with E-state index in [0.29, 0.717) is 18.7 Å². The number of carbonyl (C=O) groups excluding carboxylic acids is 1. The largest absolute Gasteiger partial charge is 0.367 e. The van der Waals surface area contributed by atoms with Crippen LogP contribution in [0.2, 0.25) is 0 Å². The summed E-state index contributed by atoms with van der Waals surface area (Å²) in [4.78, 5) is 33.4. The average Bonchev–Trinajstić information content (AvgIpc) is 3.64. The summed E-state index contributed by atoms with van der Waals surface area (Å²) in [5.41, 5.74) is 8.53. The lowest BCUT2D eigenvalue weighted by molar-refractivity contribution is -0.138. The maximum atomic E-state index is 13.9. The minimum atomic E-state index is -2.72. The zero-order chi connectivity index (χ0) is 35.0. The van der Waals surface area contributed by atoms with Crippen LogP contribution >= 0.6 is 0 Å². The zero-order valence-corrected chi connectivity index (χ0v) is 29.2. The van der Waals surface area contributed by atoms with Crippen molar-refractivity contribution in [2.24, 2.45) is 11.7 Å². The monoisotopic (exact) mass is 692 g/mol. The first-order chi connectivity index (χ1) is 24.2. The second-order valence-electron chi connectivity index (χ2n) is 14.5. The van der Waals surface area contributed by atoms with Gasteiger partial charge in [-0.3, -0.25) is 19.6 Å². The Morgan fingerprint density at radius 2 is 1.94 bits per heavy atom. The van der Waals surface area contributed by atoms with Gasteiger partial charge in [0, 0.05) is 94.1 Å². The van der Waals surface area contributed by atoms with Crippen molar-refractivity contribution in [3.8, 4) is 0 Å². The predicted molar refractivity (Wildman–Crippen MR) is 189 cm³/mol. The summed E-state index contributed by atoms with van der Waals surface area (Å²) < 4.78 is 27.7. The van der Waals surface area contributed by atoms with E-state index in [0.717, 1.165) is 77.1 Å². The van der Waals surface area contributed by atoms with E-state index >= 15 is 0 Å². The number of aryl methyl sites for hydroxylation is 1. The number of nitrogens with two attached hydrogens (primary N) is 1. The van der Waals surface area contributed by atoms with Gasteiger partial charge in [-0.1, -0.05) is 36.4 Å². The zero-order valence-electron chi connectivity index (χ0n) is 29.2. The van der Waals surface area contributed by atoms with Crippen LogP contribution in [0.5, 0.6) is 0 Å². The number of piperazine rings is 1. The molecule has 2 aliphatic carbocycles. The quantitative estimate of drug-likeness (QED) is 0.135. The van der Waals surface area contributed by atoms with Crippen LogP contribution in [-0.4, -0.2) is 98.4 Å². The summed E-state index contributed by atoms with van der Waals surface area (Å²) >= 11 is 0. The number of rotatable bonds is 15. The van der Waals surface area contributed by atoms with Crippen molar-refractivity contribution in [1.82, 2.24) is 35.0 Å². The second kappa shape index (κ2) is 16.8. The number of hydrogen-bond donors (Lipinski definition) is 4. The Labute approximate surface area is 294 Å². The number of hydrogen-bond acceptors (Lipinski definition) is 8. The molecule has 10 nitrogen and oxygen atoms in total. The summed E-state index contributed by atoms with van der Waals surface area (Å²) in [6, 6.07) is 13.9. The predicted octanol–water partition coefficient (Wildman–Crippen LogP) is 4.59. The number of nitrogens with zero attached hydrogens (tertiary/aromatic N) is 5. The number of fused-ring (bicyclic) bond motifs is 1. The Hall–Kier alpha value is -3.29. The van der Waals surface area contributed by atoms with E-state index in [1.165, 1.54) is 11.3 Å². The Kier molecular flexibility index (Phi) is 12.3. The van der Waals surface area contributed by atoms with E-state index in [1.807, 2.05) is 48.8 Å². The molecule has 3 atom stereocenters. The van der Waals surface area contributed by atoms with Gasteiger partial charge in [-0.25, -0.2) is 13.8 Å². The number of nitrogens with one attached hydrogen (secondary N) is 2. The van der Waals surface area contributed by atoms with E-state index < -0.39 is 17.6 Å². The van der Waals surface area contributed by atoms with Crippen LogP contribution in [0.4, 0.5) is 8.78 Å². The minimum absolute atomic E-state index is 0.118. The molecule has 1 aromatic carbocycles. The fraction of sp³-hybridized carbons (Fsp3) is 0.605. The summed E-state index contributed by atoms with van der Waals surface area (Å²) in [6.07, 6.45) is 10.7. The van der Waals surface area contributed by atoms with Gasteiger partial charge in [0.25, 0.3) is 0 Å². The molecule has 2 fully saturated rings. The Morgan fingerprint density at radius 1 is 1.12 bits per heavy atom. The lowest BCUT2D eigenvalue weighted by Crippen LogP contribution is -2.58. The fourth-order valence-corrected chi connectivity index (χ4v) is 8.10. The van der Waals surface area contributed by atoms with E-state index in [9.17, 15) is 18.7 Å². The van der Waals surface area contributed by atoms with Crippen LogP contribution in [0.1, 0.15) is 86.3 Å². The molecule has 3 aliphatic rings. The maximum Gasteiger partial charge on any atom is 0.248 e. The van der Waals surface area contributed by atoms with Crippen molar-refractivity contribution in [3.05, 3.63) is 83.7 Å². The van der Waals surface area contributed by atoms with E-state index in [2.05, 4.69) is 36.1 Å². The molecular formula is C38H54F2N8O2. The van der Waals surface area contributed by atoms with Crippen LogP contribution in [0.25, 0.3) is 0 Å². The Morgan fingerprint density at radius 3 is 2.70 bits per heavy atom. The van der Waals surface area contributed by atoms with Gasteiger partial charge in [-0.2, -0.15) is 0 Å². The van der Waals surface area contributed by atoms with Crippen molar-refractivity contribution in [2.45, 2.75) is 94.5 Å². The third-order valence-corrected chi connectivity index (χ3v) is 11.0. The Balaban J connectivity index is 1.18. The van der Waals surface area contributed by atoms with E-state index in [-0.39, 0.29) is 50.1 Å². The average molecular weight is 693 g/mol. The minimum Gasteiger partial charge on any atom is -0.367 e. The smallest absolute Gasteiger partial charge is 0.248 e. The number of aromatic nitrogens is 3. The lowest BCUT2D eigenvalue weighted by Gasteiger charge is -2.45. The highest BCUT2D eigenvalue weighted by Gasteiger charge is 2.41. The van der Waals surface area contributed by atoms with Crippen molar-refractivity contribution >= 4 is 5.91 Å². The molecule has 50 heavy (non-hydrogen) atoms. The molecule has 0 spiro atoms. The number of imidazole rings is 1. The van der Waals surface area contributed by atoms with Gasteiger partial charge in [-0.15, -0.1) is 0 Å². The molecule has 1 amide bonds. The normalized spacial score (nSPS) is 23.0. The van der Waals surface area contributed by atoms with Crippen LogP contribution in [0.15, 0.2) is 61.2 Å². The SMILES string of the molecule is NCCCCN(C[C@H]1CN(CC[C@@](O)(NC(=O)C2CCC(F)(F)CC2)c2ccccc2)CCN1Cc1cnc[nH]1)[C@H]1CCCc2cccnc21. The van der Waals surface area contributed by atoms with E-state index in [1.54, 1.807) is 6.33 Å². The molecular weight excluding hydrogens is 638 g/mol. The topological polar surface area (TPSA) is 127 Å². The number of benzene rings is 1. The highest BCUT2D eigenvalue weighted by atomic mass is 19.3. The molecule has 3 heterocycles. The van der Waals surface area contributed by atoms with Crippen LogP contribution < -0.4 is 11.1 Å². The number of pyridine rings is 1. The fourth-order valence-electron chi connectivity index (χ4n) is 8.10. The van der Waals surface area contributed by atoms with Crippen LogP contribution in [0.3, 0.4) is 0 Å². The molecule has 3 aromatic rings. The summed E-state index contributed by atoms with van der Waals surface area (Å²) in [7, 11) is 0. The first-order valence-electron chi connectivity index (χ1n) is 18.5. The highest BCUT2D eigenvalue weighted by Crippen LogP contribution is 2.37. The third kappa shape index (κ3) is 9.33. The molecule has 0 bridgehead atoms. The van der Waals surface area contributed by atoms with Crippen molar-refractivity contribution in [3.63, 3.8) is 0 Å². The Bertz CT molecular complexity index is 1480. The van der Waals surface area contributed by atoms with Crippen molar-refractivity contribution < 1.29 is 18.7 Å². The van der Waals surface area contributed by atoms with Gasteiger partial charge in [0.1, 0.15) is 0 Å². The molecule has 6 rings (SSSR count). The summed E-state index contributed by atoms with van der Waals surface area (Å²) in [5.74, 6) is -3.62. The molecule has 1 saturated heterocycles. The second-order valence-corrected chi connectivity index (χ2v) is 14.5. The first-order valence-corrected chi connectivity index (χ1v) is 18.5. The van der Waals surface area contributed by atoms with Gasteiger partial charge in [0.2, 0.25) is 11.8 Å². The van der Waals surface area contributed by atoms with Gasteiger partial charge < -0.3 is 26.0 Å². The van der Waals surface area contributed by atoms with Crippen molar-refractivity contribution in [1.29, 1.82) is 0 Å². The number of aromatic amines is 1. The highest BCUT2D eigenvalue weighted by molar-refractivity contribution is 5.79. The summed E-state index contributed by atoms with van der Waals surface area (Å²) in [6.45, 7) is 6.24. The number of aliphatic hydroxyl groups is 1. The molecule has 5 N–H and O–H groups in total. The number of alkyl halides is 2. The number of unbranched alkanes of at least 4 members (excludes halogenated alkanes) is 1. The number of H-pyrrole nitrogens is 1. The number of amides is 1. The number of halogens is 2. The van der Waals surface area contributed by atoms with Gasteiger partial charge >= 0.3 is 0 Å². The molecule has 0 radical (unpaired) electrons. The molecule has 2 aromatic heterocycles. The third-order valence-electron chi connectivity index (χ3n) is 11.0. The molecule has 0 unspecified atom stereocenters. The van der Waals surface area contributed by atoms with E-state index in [4.69, 9.17) is 10.7 Å². The molecule has 1 saturated carbocycles.